The highest BCUT2D eigenvalue weighted by molar-refractivity contribution is 5.27. The van der Waals surface area contributed by atoms with Crippen LogP contribution in [0.25, 0.3) is 0 Å². The third kappa shape index (κ3) is 5.73. The lowest BCUT2D eigenvalue weighted by Crippen LogP contribution is -2.83. The van der Waals surface area contributed by atoms with E-state index in [0.717, 1.165) is 30.8 Å². The highest BCUT2D eigenvalue weighted by atomic mass is 16.5. The molecule has 3 aromatic rings. The van der Waals surface area contributed by atoms with Crippen LogP contribution in [-0.4, -0.2) is 18.3 Å². The molecule has 0 aliphatic rings. The van der Waals surface area contributed by atoms with E-state index < -0.39 is 6.10 Å². The molecule has 0 spiro atoms. The molecule has 0 saturated carbocycles. The summed E-state index contributed by atoms with van der Waals surface area (Å²) >= 11 is 0. The molecule has 0 aromatic heterocycles. The number of nitrogens with two attached hydrogens (primary N) is 1. The SMILES string of the molecule is O[C@H](COc1ccc(C[NH2+]CCc2ccccc2)cc1)c1ccccc1. The Hall–Kier alpha value is -2.62. The van der Waals surface area contributed by atoms with Crippen molar-refractivity contribution in [3.05, 3.63) is 102 Å². The maximum Gasteiger partial charge on any atom is 0.119 e. The van der Waals surface area contributed by atoms with Crippen LogP contribution in [-0.2, 0) is 13.0 Å². The quantitative estimate of drug-likeness (QED) is 0.584. The first kappa shape index (κ1) is 18.2. The van der Waals surface area contributed by atoms with Gasteiger partial charge in [0.2, 0.25) is 0 Å². The van der Waals surface area contributed by atoms with E-state index in [0.29, 0.717) is 0 Å². The van der Waals surface area contributed by atoms with Crippen molar-refractivity contribution in [2.75, 3.05) is 13.2 Å². The zero-order valence-electron chi connectivity index (χ0n) is 14.9. The standard InChI is InChI=1S/C23H25NO2/c25-23(21-9-5-2-6-10-21)18-26-22-13-11-20(12-14-22)17-24-16-15-19-7-3-1-4-8-19/h1-14,23-25H,15-18H2/p+1/t23-/m1/s1. The lowest BCUT2D eigenvalue weighted by atomic mass is 10.1. The van der Waals surface area contributed by atoms with E-state index in [9.17, 15) is 5.11 Å². The summed E-state index contributed by atoms with van der Waals surface area (Å²) in [6.45, 7) is 2.29. The Morgan fingerprint density at radius 3 is 2.12 bits per heavy atom. The van der Waals surface area contributed by atoms with Gasteiger partial charge in [0.1, 0.15) is 25.0 Å². The first-order chi connectivity index (χ1) is 12.8. The molecular weight excluding hydrogens is 322 g/mol. The Labute approximate surface area is 155 Å². The Morgan fingerprint density at radius 1 is 0.769 bits per heavy atom. The smallest absolute Gasteiger partial charge is 0.119 e. The van der Waals surface area contributed by atoms with Gasteiger partial charge < -0.3 is 15.2 Å². The van der Waals surface area contributed by atoms with Crippen LogP contribution in [0.1, 0.15) is 22.8 Å². The van der Waals surface area contributed by atoms with Gasteiger partial charge in [-0.15, -0.1) is 0 Å². The fourth-order valence-corrected chi connectivity index (χ4v) is 2.85. The van der Waals surface area contributed by atoms with E-state index in [-0.39, 0.29) is 6.61 Å². The minimum atomic E-state index is -0.609. The monoisotopic (exact) mass is 348 g/mol. The fourth-order valence-electron chi connectivity index (χ4n) is 2.85. The second kappa shape index (κ2) is 9.76. The molecule has 0 heterocycles. The van der Waals surface area contributed by atoms with E-state index in [1.165, 1.54) is 11.1 Å². The molecule has 1 atom stereocenters. The van der Waals surface area contributed by atoms with Gasteiger partial charge in [-0.05, 0) is 35.4 Å². The predicted octanol–water partition coefficient (Wildman–Crippen LogP) is 3.11. The van der Waals surface area contributed by atoms with Crippen molar-refractivity contribution in [3.8, 4) is 5.75 Å². The second-order valence-corrected chi connectivity index (χ2v) is 6.40. The van der Waals surface area contributed by atoms with E-state index in [1.54, 1.807) is 0 Å². The molecule has 0 unspecified atom stereocenters. The summed E-state index contributed by atoms with van der Waals surface area (Å²) in [5, 5.41) is 12.5. The van der Waals surface area contributed by atoms with Crippen molar-refractivity contribution >= 4 is 0 Å². The summed E-state index contributed by atoms with van der Waals surface area (Å²) in [5.74, 6) is 0.785. The number of benzene rings is 3. The molecule has 134 valence electrons. The zero-order valence-corrected chi connectivity index (χ0v) is 14.9. The number of aliphatic hydroxyl groups excluding tert-OH is 1. The van der Waals surface area contributed by atoms with Crippen LogP contribution < -0.4 is 10.1 Å². The molecule has 3 heteroatoms. The van der Waals surface area contributed by atoms with Crippen LogP contribution in [0.2, 0.25) is 0 Å². The van der Waals surface area contributed by atoms with Gasteiger partial charge >= 0.3 is 0 Å². The minimum Gasteiger partial charge on any atom is -0.491 e. The summed E-state index contributed by atoms with van der Waals surface area (Å²) in [6, 6.07) is 28.3. The summed E-state index contributed by atoms with van der Waals surface area (Å²) < 4.78 is 5.70. The average Bonchev–Trinajstić information content (AvgIpc) is 2.72. The number of quaternary nitrogens is 1. The molecule has 0 radical (unpaired) electrons. The fraction of sp³-hybridized carbons (Fsp3) is 0.217. The number of ether oxygens (including phenoxy) is 1. The average molecular weight is 348 g/mol. The predicted molar refractivity (Wildman–Crippen MR) is 104 cm³/mol. The van der Waals surface area contributed by atoms with Gasteiger partial charge in [0, 0.05) is 12.0 Å². The molecule has 3 N–H and O–H groups in total. The normalized spacial score (nSPS) is 11.9. The van der Waals surface area contributed by atoms with Crippen LogP contribution in [0, 0.1) is 0 Å². The maximum absolute atomic E-state index is 10.1. The number of hydrogen-bond donors (Lipinski definition) is 2. The van der Waals surface area contributed by atoms with Crippen LogP contribution in [0.15, 0.2) is 84.9 Å². The van der Waals surface area contributed by atoms with E-state index in [1.807, 2.05) is 42.5 Å². The third-order valence-electron chi connectivity index (χ3n) is 4.38. The first-order valence-corrected chi connectivity index (χ1v) is 9.11. The maximum atomic E-state index is 10.1. The first-order valence-electron chi connectivity index (χ1n) is 9.11. The van der Waals surface area contributed by atoms with Crippen LogP contribution in [0.4, 0.5) is 0 Å². The molecule has 0 fully saturated rings. The highest BCUT2D eigenvalue weighted by Crippen LogP contribution is 2.16. The topological polar surface area (TPSA) is 46.1 Å². The number of rotatable bonds is 9. The Balaban J connectivity index is 1.39. The summed E-state index contributed by atoms with van der Waals surface area (Å²) in [6.07, 6.45) is 0.474. The van der Waals surface area contributed by atoms with Gasteiger partial charge in [0.15, 0.2) is 0 Å². The van der Waals surface area contributed by atoms with Gasteiger partial charge in [-0.3, -0.25) is 0 Å². The van der Waals surface area contributed by atoms with E-state index >= 15 is 0 Å². The zero-order chi connectivity index (χ0) is 18.0. The molecule has 0 bridgehead atoms. The summed E-state index contributed by atoms with van der Waals surface area (Å²) in [4.78, 5) is 0. The second-order valence-electron chi connectivity index (χ2n) is 6.40. The molecule has 0 aliphatic carbocycles. The lowest BCUT2D eigenvalue weighted by Gasteiger charge is -2.13. The van der Waals surface area contributed by atoms with Crippen molar-refractivity contribution in [3.63, 3.8) is 0 Å². The molecule has 3 rings (SSSR count). The van der Waals surface area contributed by atoms with Crippen LogP contribution in [0.5, 0.6) is 5.75 Å². The minimum absolute atomic E-state index is 0.257. The summed E-state index contributed by atoms with van der Waals surface area (Å²) in [7, 11) is 0. The van der Waals surface area contributed by atoms with Crippen molar-refractivity contribution in [2.45, 2.75) is 19.1 Å². The van der Waals surface area contributed by atoms with E-state index in [2.05, 4.69) is 47.8 Å². The molecule has 0 saturated heterocycles. The van der Waals surface area contributed by atoms with Gasteiger partial charge in [-0.1, -0.05) is 60.7 Å². The van der Waals surface area contributed by atoms with Crippen LogP contribution in [0.3, 0.4) is 0 Å². The Kier molecular flexibility index (Phi) is 6.82. The molecule has 0 aliphatic heterocycles. The van der Waals surface area contributed by atoms with Gasteiger partial charge in [0.25, 0.3) is 0 Å². The largest absolute Gasteiger partial charge is 0.491 e. The Morgan fingerprint density at radius 2 is 1.42 bits per heavy atom. The van der Waals surface area contributed by atoms with Crippen LogP contribution >= 0.6 is 0 Å². The van der Waals surface area contributed by atoms with Crippen molar-refractivity contribution in [1.29, 1.82) is 0 Å². The lowest BCUT2D eigenvalue weighted by molar-refractivity contribution is -0.670. The molecule has 26 heavy (non-hydrogen) atoms. The Bertz CT molecular complexity index is 757. The van der Waals surface area contributed by atoms with Crippen molar-refractivity contribution in [1.82, 2.24) is 0 Å². The van der Waals surface area contributed by atoms with E-state index in [4.69, 9.17) is 4.74 Å². The molecular formula is C23H26NO2+. The third-order valence-corrected chi connectivity index (χ3v) is 4.38. The van der Waals surface area contributed by atoms with Crippen molar-refractivity contribution < 1.29 is 15.2 Å². The highest BCUT2D eigenvalue weighted by Gasteiger charge is 2.07. The molecule has 3 aromatic carbocycles. The molecule has 0 amide bonds. The number of hydrogen-bond acceptors (Lipinski definition) is 2. The van der Waals surface area contributed by atoms with Crippen molar-refractivity contribution in [2.24, 2.45) is 0 Å². The number of aliphatic hydroxyl groups is 1. The summed E-state index contributed by atoms with van der Waals surface area (Å²) in [5.41, 5.74) is 3.52. The van der Waals surface area contributed by atoms with Gasteiger partial charge in [-0.2, -0.15) is 0 Å². The van der Waals surface area contributed by atoms with Gasteiger partial charge in [0.05, 0.1) is 6.54 Å². The van der Waals surface area contributed by atoms with Gasteiger partial charge in [-0.25, -0.2) is 0 Å². The molecule has 3 nitrogen and oxygen atoms in total.